The zero-order chi connectivity index (χ0) is 13.0. The summed E-state index contributed by atoms with van der Waals surface area (Å²) >= 11 is 7.33. The molecule has 0 bridgehead atoms. The fourth-order valence-corrected chi connectivity index (χ4v) is 2.99. The number of carbonyl (C=O) groups is 1. The first-order valence-corrected chi connectivity index (χ1v) is 7.31. The van der Waals surface area contributed by atoms with Crippen molar-refractivity contribution < 1.29 is 4.79 Å². The Bertz CT molecular complexity index is 419. The van der Waals surface area contributed by atoms with Gasteiger partial charge < -0.3 is 4.90 Å². The van der Waals surface area contributed by atoms with E-state index in [-0.39, 0.29) is 5.91 Å². The largest absolute Gasteiger partial charge is 0.337 e. The summed E-state index contributed by atoms with van der Waals surface area (Å²) in [4.78, 5) is 17.2. The number of amides is 1. The van der Waals surface area contributed by atoms with Crippen LogP contribution in [0.25, 0.3) is 0 Å². The molecular formula is C13H17ClN2OS. The predicted molar refractivity (Wildman–Crippen MR) is 76.3 cm³/mol. The summed E-state index contributed by atoms with van der Waals surface area (Å²) in [5.41, 5.74) is 0. The summed E-state index contributed by atoms with van der Waals surface area (Å²) in [5, 5.41) is 2.60. The molecule has 0 radical (unpaired) electrons. The molecule has 1 aliphatic heterocycles. The molecule has 0 aromatic carbocycles. The average Bonchev–Trinajstić information content (AvgIpc) is 2.76. The van der Waals surface area contributed by atoms with E-state index in [4.69, 9.17) is 11.6 Å². The molecule has 2 rings (SSSR count). The van der Waals surface area contributed by atoms with Crippen molar-refractivity contribution in [3.8, 4) is 0 Å². The van der Waals surface area contributed by atoms with Crippen LogP contribution in [0, 0.1) is 0 Å². The van der Waals surface area contributed by atoms with Crippen molar-refractivity contribution in [2.24, 2.45) is 0 Å². The van der Waals surface area contributed by atoms with Crippen molar-refractivity contribution in [1.82, 2.24) is 9.80 Å². The van der Waals surface area contributed by atoms with Crippen molar-refractivity contribution in [3.63, 3.8) is 0 Å². The lowest BCUT2D eigenvalue weighted by Gasteiger charge is -2.21. The molecule has 0 atom stereocenters. The minimum absolute atomic E-state index is 0.150. The van der Waals surface area contributed by atoms with E-state index in [0.717, 1.165) is 37.5 Å². The van der Waals surface area contributed by atoms with E-state index in [1.807, 2.05) is 22.4 Å². The van der Waals surface area contributed by atoms with E-state index in [9.17, 15) is 4.79 Å². The first-order chi connectivity index (χ1) is 8.66. The molecule has 0 N–H and O–H groups in total. The van der Waals surface area contributed by atoms with Crippen molar-refractivity contribution in [2.75, 3.05) is 32.7 Å². The molecule has 0 saturated carbocycles. The second-order valence-electron chi connectivity index (χ2n) is 4.42. The van der Waals surface area contributed by atoms with Gasteiger partial charge in [-0.15, -0.1) is 11.3 Å². The van der Waals surface area contributed by atoms with Crippen LogP contribution in [0.2, 0.25) is 0 Å². The summed E-state index contributed by atoms with van der Waals surface area (Å²) in [6.07, 6.45) is 0.987. The van der Waals surface area contributed by atoms with Crippen molar-refractivity contribution in [3.05, 3.63) is 34.0 Å². The molecular weight excluding hydrogens is 268 g/mol. The molecule has 2 heterocycles. The summed E-state index contributed by atoms with van der Waals surface area (Å²) < 4.78 is 0. The maximum atomic E-state index is 12.2. The van der Waals surface area contributed by atoms with E-state index >= 15 is 0 Å². The summed E-state index contributed by atoms with van der Waals surface area (Å²) in [6.45, 7) is 7.85. The highest BCUT2D eigenvalue weighted by atomic mass is 35.5. The summed E-state index contributed by atoms with van der Waals surface area (Å²) in [6, 6.07) is 3.80. The monoisotopic (exact) mass is 284 g/mol. The Balaban J connectivity index is 1.93. The molecule has 0 spiro atoms. The molecule has 3 nitrogen and oxygen atoms in total. The standard InChI is InChI=1S/C13H17ClN2OS/c1-11(14)10-15-5-3-6-16(8-7-15)13(17)12-4-2-9-18-12/h2,4,9H,1,3,5-8,10H2. The summed E-state index contributed by atoms with van der Waals surface area (Å²) in [7, 11) is 0. The van der Waals surface area contributed by atoms with Crippen LogP contribution in [0.5, 0.6) is 0 Å². The van der Waals surface area contributed by atoms with E-state index in [1.165, 1.54) is 11.3 Å². The Hall–Kier alpha value is -0.840. The fourth-order valence-electron chi connectivity index (χ4n) is 2.13. The van der Waals surface area contributed by atoms with Crippen LogP contribution >= 0.6 is 22.9 Å². The Labute approximate surface area is 117 Å². The van der Waals surface area contributed by atoms with Gasteiger partial charge in [-0.25, -0.2) is 0 Å². The van der Waals surface area contributed by atoms with Crippen LogP contribution in [0.1, 0.15) is 16.1 Å². The van der Waals surface area contributed by atoms with Crippen LogP contribution in [-0.2, 0) is 0 Å². The van der Waals surface area contributed by atoms with Crippen molar-refractivity contribution in [2.45, 2.75) is 6.42 Å². The van der Waals surface area contributed by atoms with Gasteiger partial charge in [-0.2, -0.15) is 0 Å². The zero-order valence-corrected chi connectivity index (χ0v) is 11.8. The third-order valence-electron chi connectivity index (χ3n) is 3.00. The number of thiophene rings is 1. The first-order valence-electron chi connectivity index (χ1n) is 6.05. The lowest BCUT2D eigenvalue weighted by molar-refractivity contribution is 0.0767. The molecule has 1 aliphatic rings. The molecule has 1 fully saturated rings. The number of hydrogen-bond donors (Lipinski definition) is 0. The van der Waals surface area contributed by atoms with Gasteiger partial charge in [-0.1, -0.05) is 24.2 Å². The lowest BCUT2D eigenvalue weighted by Crippen LogP contribution is -2.35. The van der Waals surface area contributed by atoms with Crippen LogP contribution in [-0.4, -0.2) is 48.4 Å². The fraction of sp³-hybridized carbons (Fsp3) is 0.462. The van der Waals surface area contributed by atoms with E-state index in [0.29, 0.717) is 11.6 Å². The van der Waals surface area contributed by atoms with Crippen LogP contribution in [0.15, 0.2) is 29.1 Å². The van der Waals surface area contributed by atoms with Gasteiger partial charge in [0.2, 0.25) is 0 Å². The highest BCUT2D eigenvalue weighted by Crippen LogP contribution is 2.14. The minimum atomic E-state index is 0.150. The van der Waals surface area contributed by atoms with Gasteiger partial charge in [0.05, 0.1) is 4.88 Å². The van der Waals surface area contributed by atoms with E-state index in [1.54, 1.807) is 0 Å². The summed E-state index contributed by atoms with van der Waals surface area (Å²) in [5.74, 6) is 0.150. The topological polar surface area (TPSA) is 23.6 Å². The molecule has 1 aromatic heterocycles. The Kier molecular flexibility index (Phi) is 4.80. The maximum absolute atomic E-state index is 12.2. The van der Waals surface area contributed by atoms with Gasteiger partial charge in [0, 0.05) is 37.8 Å². The first kappa shape index (κ1) is 13.6. The minimum Gasteiger partial charge on any atom is -0.337 e. The maximum Gasteiger partial charge on any atom is 0.263 e. The number of hydrogen-bond acceptors (Lipinski definition) is 3. The zero-order valence-electron chi connectivity index (χ0n) is 10.3. The number of halogens is 1. The molecule has 18 heavy (non-hydrogen) atoms. The molecule has 98 valence electrons. The SMILES string of the molecule is C=C(Cl)CN1CCCN(C(=O)c2cccs2)CC1. The van der Waals surface area contributed by atoms with Gasteiger partial charge in [0.25, 0.3) is 5.91 Å². The van der Waals surface area contributed by atoms with Crippen molar-refractivity contribution in [1.29, 1.82) is 0 Å². The number of nitrogens with zero attached hydrogens (tertiary/aromatic N) is 2. The normalized spacial score (nSPS) is 17.5. The number of carbonyl (C=O) groups excluding carboxylic acids is 1. The Morgan fingerprint density at radius 3 is 2.89 bits per heavy atom. The molecule has 0 aliphatic carbocycles. The Morgan fingerprint density at radius 2 is 2.22 bits per heavy atom. The quantitative estimate of drug-likeness (QED) is 0.852. The second kappa shape index (κ2) is 6.36. The van der Waals surface area contributed by atoms with Crippen LogP contribution in [0.3, 0.4) is 0 Å². The van der Waals surface area contributed by atoms with Gasteiger partial charge in [-0.3, -0.25) is 9.69 Å². The molecule has 5 heteroatoms. The molecule has 1 amide bonds. The highest BCUT2D eigenvalue weighted by Gasteiger charge is 2.20. The van der Waals surface area contributed by atoms with Gasteiger partial charge in [0.15, 0.2) is 0 Å². The van der Waals surface area contributed by atoms with E-state index < -0.39 is 0 Å². The highest BCUT2D eigenvalue weighted by molar-refractivity contribution is 7.12. The van der Waals surface area contributed by atoms with Crippen LogP contribution < -0.4 is 0 Å². The Morgan fingerprint density at radius 1 is 1.39 bits per heavy atom. The van der Waals surface area contributed by atoms with Gasteiger partial charge >= 0.3 is 0 Å². The number of rotatable bonds is 3. The predicted octanol–water partition coefficient (Wildman–Crippen LogP) is 2.65. The smallest absolute Gasteiger partial charge is 0.263 e. The second-order valence-corrected chi connectivity index (χ2v) is 5.90. The van der Waals surface area contributed by atoms with Gasteiger partial charge in [0.1, 0.15) is 0 Å². The average molecular weight is 285 g/mol. The third kappa shape index (κ3) is 3.57. The van der Waals surface area contributed by atoms with Crippen LogP contribution in [0.4, 0.5) is 0 Å². The molecule has 0 unspecified atom stereocenters. The lowest BCUT2D eigenvalue weighted by atomic mass is 10.3. The molecule has 1 saturated heterocycles. The van der Waals surface area contributed by atoms with Gasteiger partial charge in [-0.05, 0) is 17.9 Å². The third-order valence-corrected chi connectivity index (χ3v) is 3.98. The van der Waals surface area contributed by atoms with Crippen molar-refractivity contribution >= 4 is 28.8 Å². The van der Waals surface area contributed by atoms with E-state index in [2.05, 4.69) is 11.5 Å². The molecule has 1 aromatic rings.